The summed E-state index contributed by atoms with van der Waals surface area (Å²) in [5.41, 5.74) is 7.11. The summed E-state index contributed by atoms with van der Waals surface area (Å²) in [7, 11) is 0. The summed E-state index contributed by atoms with van der Waals surface area (Å²) in [5, 5.41) is 2.83. The lowest BCUT2D eigenvalue weighted by atomic mass is 10.1. The maximum atomic E-state index is 13.0. The summed E-state index contributed by atoms with van der Waals surface area (Å²) in [6.07, 6.45) is 0.102. The molecule has 2 aromatic rings. The smallest absolute Gasteiger partial charge is 0.243 e. The molecule has 0 aliphatic rings. The topological polar surface area (TPSA) is 95.7 Å². The van der Waals surface area contributed by atoms with Crippen molar-refractivity contribution in [3.63, 3.8) is 0 Å². The zero-order valence-corrected chi connectivity index (χ0v) is 18.6. The zero-order valence-electron chi connectivity index (χ0n) is 18.6. The first-order valence-electron chi connectivity index (χ1n) is 10.5. The van der Waals surface area contributed by atoms with Crippen LogP contribution in [-0.4, -0.2) is 47.2 Å². The van der Waals surface area contributed by atoms with Gasteiger partial charge in [0.2, 0.25) is 17.7 Å². The molecule has 168 valence electrons. The van der Waals surface area contributed by atoms with E-state index in [1.165, 1.54) is 4.90 Å². The van der Waals surface area contributed by atoms with Crippen molar-refractivity contribution in [2.24, 2.45) is 11.7 Å². The fourth-order valence-electron chi connectivity index (χ4n) is 3.09. The Labute approximate surface area is 189 Å². The van der Waals surface area contributed by atoms with Gasteiger partial charge in [0, 0.05) is 25.2 Å². The second kappa shape index (κ2) is 12.8. The predicted octanol–water partition coefficient (Wildman–Crippen LogP) is 1.74. The molecule has 0 radical (unpaired) electrons. The summed E-state index contributed by atoms with van der Waals surface area (Å²) in [6, 6.07) is 23.4. The number of benzene rings is 2. The monoisotopic (exact) mass is 434 g/mol. The van der Waals surface area contributed by atoms with Gasteiger partial charge in [-0.25, -0.2) is 0 Å². The molecule has 0 aliphatic heterocycles. The van der Waals surface area contributed by atoms with E-state index in [4.69, 9.17) is 5.73 Å². The Morgan fingerprint density at radius 1 is 0.906 bits per heavy atom. The Balaban J connectivity index is 2.01. The number of amides is 3. The number of hydrogen-bond acceptors (Lipinski definition) is 4. The Morgan fingerprint density at radius 3 is 2.06 bits per heavy atom. The van der Waals surface area contributed by atoms with Crippen molar-refractivity contribution in [1.29, 1.82) is 0 Å². The van der Waals surface area contributed by atoms with E-state index in [0.717, 1.165) is 16.0 Å². The number of nitrogens with one attached hydrogen (secondary N) is 1. The van der Waals surface area contributed by atoms with Gasteiger partial charge in [-0.2, -0.15) is 0 Å². The van der Waals surface area contributed by atoms with Gasteiger partial charge in [-0.3, -0.25) is 19.3 Å². The highest BCUT2D eigenvalue weighted by Crippen LogP contribution is 2.06. The summed E-state index contributed by atoms with van der Waals surface area (Å²) < 4.78 is 0. The molecule has 0 fully saturated rings. The van der Waals surface area contributed by atoms with E-state index in [0.29, 0.717) is 13.1 Å². The third kappa shape index (κ3) is 8.52. The summed E-state index contributed by atoms with van der Waals surface area (Å²) in [5.74, 6) is -0.817. The number of hydrogen-bond donors (Lipinski definition) is 2. The molecule has 7 heteroatoms. The van der Waals surface area contributed by atoms with Crippen LogP contribution in [0.4, 0.5) is 0 Å². The van der Waals surface area contributed by atoms with E-state index in [2.05, 4.69) is 17.4 Å². The molecule has 0 atom stereocenters. The van der Waals surface area contributed by atoms with Gasteiger partial charge in [-0.05, 0) is 17.0 Å². The lowest BCUT2D eigenvalue weighted by Gasteiger charge is -2.26. The van der Waals surface area contributed by atoms with E-state index in [9.17, 15) is 14.4 Å². The Morgan fingerprint density at radius 2 is 1.50 bits per heavy atom. The molecule has 2 aromatic carbocycles. The number of nitrogens with two attached hydrogens (primary N) is 1. The minimum Gasteiger partial charge on any atom is -0.358 e. The molecule has 7 nitrogen and oxygen atoms in total. The van der Waals surface area contributed by atoms with E-state index >= 15 is 0 Å². The molecule has 0 aromatic heterocycles. The average Bonchev–Trinajstić information content (AvgIpc) is 2.78. The third-order valence-electron chi connectivity index (χ3n) is 4.60. The molecule has 2 rings (SSSR count). The molecule has 0 spiro atoms. The first-order chi connectivity index (χ1) is 15.4. The Kier molecular flexibility index (Phi) is 9.79. The van der Waals surface area contributed by atoms with Crippen LogP contribution >= 0.6 is 0 Å². The molecule has 0 unspecified atom stereocenters. The molecule has 3 amide bonds. The highest BCUT2D eigenvalue weighted by molar-refractivity contribution is 5.89. The molecule has 32 heavy (non-hydrogen) atoms. The van der Waals surface area contributed by atoms with E-state index < -0.39 is 0 Å². The average molecular weight is 435 g/mol. The van der Waals surface area contributed by atoms with Crippen molar-refractivity contribution < 1.29 is 14.4 Å². The third-order valence-corrected chi connectivity index (χ3v) is 4.60. The van der Waals surface area contributed by atoms with Gasteiger partial charge in [-0.15, -0.1) is 0 Å². The van der Waals surface area contributed by atoms with Crippen LogP contribution in [0.25, 0.3) is 0 Å². The van der Waals surface area contributed by atoms with Crippen LogP contribution in [0.3, 0.4) is 0 Å². The number of carbonyl (C=O) groups is 3. The van der Waals surface area contributed by atoms with Crippen molar-refractivity contribution in [2.45, 2.75) is 26.8 Å². The maximum absolute atomic E-state index is 13.0. The van der Waals surface area contributed by atoms with Gasteiger partial charge in [0.25, 0.3) is 0 Å². The van der Waals surface area contributed by atoms with Gasteiger partial charge in [0.1, 0.15) is 6.54 Å². The van der Waals surface area contributed by atoms with Crippen molar-refractivity contribution in [3.05, 3.63) is 71.8 Å². The summed E-state index contributed by atoms with van der Waals surface area (Å²) in [6.45, 7) is 4.31. The van der Waals surface area contributed by atoms with Crippen molar-refractivity contribution >= 4 is 17.7 Å². The van der Waals surface area contributed by atoms with Crippen LogP contribution in [0.15, 0.2) is 60.7 Å². The standard InChI is InChI=1S/C25H30N4O3/c1-20(2)17-29(18-23(30)27-16-22-11-7-4-8-12-22)25(32)19-28(14-13-26)24(31)15-21-9-5-3-6-10-21/h3-12,20H,15-19,26H2,1-2H3,(H,27,30). The lowest BCUT2D eigenvalue weighted by Crippen LogP contribution is -2.47. The first-order valence-corrected chi connectivity index (χ1v) is 10.5. The van der Waals surface area contributed by atoms with Gasteiger partial charge < -0.3 is 16.0 Å². The van der Waals surface area contributed by atoms with Gasteiger partial charge in [-0.1, -0.05) is 74.5 Å². The van der Waals surface area contributed by atoms with Crippen molar-refractivity contribution in [1.82, 2.24) is 15.1 Å². The van der Waals surface area contributed by atoms with E-state index in [1.54, 1.807) is 0 Å². The summed E-state index contributed by atoms with van der Waals surface area (Å²) >= 11 is 0. The maximum Gasteiger partial charge on any atom is 0.243 e. The molecule has 0 heterocycles. The molecule has 0 saturated carbocycles. The van der Waals surface area contributed by atoms with Crippen LogP contribution in [-0.2, 0) is 27.3 Å². The van der Waals surface area contributed by atoms with Crippen molar-refractivity contribution in [3.8, 4) is 12.1 Å². The SMILES string of the molecule is CC(C)CN(CC(=O)NCc1ccccc1)C(=O)CN(C#CN)C(=O)Cc1ccccc1. The Bertz CT molecular complexity index is 949. The van der Waals surface area contributed by atoms with Crippen molar-refractivity contribution in [2.75, 3.05) is 19.6 Å². The number of rotatable bonds is 10. The number of carbonyl (C=O) groups excluding carboxylic acids is 3. The largest absolute Gasteiger partial charge is 0.358 e. The van der Waals surface area contributed by atoms with Gasteiger partial charge >= 0.3 is 0 Å². The zero-order chi connectivity index (χ0) is 23.3. The van der Waals surface area contributed by atoms with Gasteiger partial charge in [0.05, 0.1) is 13.0 Å². The first kappa shape index (κ1) is 24.5. The molecule has 0 bridgehead atoms. The lowest BCUT2D eigenvalue weighted by molar-refractivity contribution is -0.140. The number of nitrogens with zero attached hydrogens (tertiary/aromatic N) is 2. The normalized spacial score (nSPS) is 10.1. The minimum atomic E-state index is -0.363. The highest BCUT2D eigenvalue weighted by atomic mass is 16.2. The predicted molar refractivity (Wildman–Crippen MR) is 124 cm³/mol. The minimum absolute atomic E-state index is 0.0966. The second-order valence-corrected chi connectivity index (χ2v) is 7.83. The molecule has 0 aliphatic carbocycles. The molecule has 3 N–H and O–H groups in total. The molecular formula is C25H30N4O3. The van der Waals surface area contributed by atoms with Crippen LogP contribution < -0.4 is 11.1 Å². The van der Waals surface area contributed by atoms with Crippen LogP contribution in [0.1, 0.15) is 25.0 Å². The quantitative estimate of drug-likeness (QED) is 0.440. The molecular weight excluding hydrogens is 404 g/mol. The van der Waals surface area contributed by atoms with Crippen LogP contribution in [0.5, 0.6) is 0 Å². The van der Waals surface area contributed by atoms with Crippen LogP contribution in [0, 0.1) is 18.0 Å². The van der Waals surface area contributed by atoms with Crippen LogP contribution in [0.2, 0.25) is 0 Å². The Hall–Kier alpha value is -3.79. The fourth-order valence-corrected chi connectivity index (χ4v) is 3.09. The van der Waals surface area contributed by atoms with E-state index in [1.807, 2.05) is 74.5 Å². The highest BCUT2D eigenvalue weighted by Gasteiger charge is 2.23. The van der Waals surface area contributed by atoms with E-state index in [-0.39, 0.29) is 43.1 Å². The summed E-state index contributed by atoms with van der Waals surface area (Å²) in [4.78, 5) is 40.7. The second-order valence-electron chi connectivity index (χ2n) is 7.83. The fraction of sp³-hybridized carbons (Fsp3) is 0.320. The van der Waals surface area contributed by atoms with Gasteiger partial charge in [0.15, 0.2) is 0 Å². The molecule has 0 saturated heterocycles.